The van der Waals surface area contributed by atoms with E-state index >= 15 is 0 Å². The van der Waals surface area contributed by atoms with Crippen LogP contribution >= 0.6 is 11.7 Å². The van der Waals surface area contributed by atoms with Crippen molar-refractivity contribution in [2.45, 2.75) is 0 Å². The number of aromatic nitrogens is 3. The highest BCUT2D eigenvalue weighted by Crippen LogP contribution is 2.02. The summed E-state index contributed by atoms with van der Waals surface area (Å²) >= 11 is 1.02. The lowest BCUT2D eigenvalue weighted by atomic mass is 10.4. The Morgan fingerprint density at radius 3 is 3.18 bits per heavy atom. The molecule has 54 valence electrons. The summed E-state index contributed by atoms with van der Waals surface area (Å²) in [5.41, 5.74) is 0.635. The van der Waals surface area contributed by atoms with Gasteiger partial charge in [0.25, 0.3) is 5.56 Å². The van der Waals surface area contributed by atoms with Gasteiger partial charge in [-0.05, 0) is 12.1 Å². The monoisotopic (exact) mass is 165 g/mol. The van der Waals surface area contributed by atoms with Crippen LogP contribution in [0.4, 0.5) is 0 Å². The summed E-state index contributed by atoms with van der Waals surface area (Å²) in [5, 5.41) is 0. The fourth-order valence-corrected chi connectivity index (χ4v) is 1.29. The quantitative estimate of drug-likeness (QED) is 0.568. The summed E-state index contributed by atoms with van der Waals surface area (Å²) in [6, 6.07) is 3.39. The van der Waals surface area contributed by atoms with Gasteiger partial charge in [-0.2, -0.15) is 8.75 Å². The van der Waals surface area contributed by atoms with E-state index in [1.165, 1.54) is 6.20 Å². The normalized spacial score (nSPS) is 10.2. The van der Waals surface area contributed by atoms with Crippen LogP contribution in [-0.4, -0.2) is 13.7 Å². The van der Waals surface area contributed by atoms with E-state index in [1.807, 2.05) is 0 Å². The molecule has 0 bridgehead atoms. The number of hydrogen-bond acceptors (Lipinski definition) is 5. The molecule has 0 spiro atoms. The Morgan fingerprint density at radius 2 is 2.27 bits per heavy atom. The van der Waals surface area contributed by atoms with Crippen molar-refractivity contribution in [3.8, 4) is 0 Å². The summed E-state index contributed by atoms with van der Waals surface area (Å²) in [5.74, 6) is 0. The van der Waals surface area contributed by atoms with Crippen LogP contribution in [0.3, 0.4) is 0 Å². The topological polar surface area (TPSA) is 55.7 Å². The fraction of sp³-hybridized carbons (Fsp3) is 0. The third-order valence-electron chi connectivity index (χ3n) is 1.25. The highest BCUT2D eigenvalue weighted by molar-refractivity contribution is 7.00. The Labute approximate surface area is 65.9 Å². The zero-order valence-electron chi connectivity index (χ0n) is 5.39. The van der Waals surface area contributed by atoms with Gasteiger partial charge in [0.1, 0.15) is 5.52 Å². The maximum atomic E-state index is 11.0. The standard InChI is InChI=1S/C6H3N3OS/c10-6-5-4(8-11-9-5)2-1-3-7-6/h1-3H. The lowest BCUT2D eigenvalue weighted by Crippen LogP contribution is -2.00. The second kappa shape index (κ2) is 2.35. The minimum absolute atomic E-state index is 0.321. The number of nitrogens with zero attached hydrogens (tertiary/aromatic N) is 3. The molecule has 0 aromatic carbocycles. The van der Waals surface area contributed by atoms with Crippen molar-refractivity contribution < 1.29 is 0 Å². The van der Waals surface area contributed by atoms with E-state index in [4.69, 9.17) is 0 Å². The van der Waals surface area contributed by atoms with E-state index in [2.05, 4.69) is 13.7 Å². The smallest absolute Gasteiger partial charge is 0.265 e. The summed E-state index contributed by atoms with van der Waals surface area (Å²) in [6.45, 7) is 0. The summed E-state index contributed by atoms with van der Waals surface area (Å²) in [4.78, 5) is 14.6. The first-order valence-electron chi connectivity index (χ1n) is 2.95. The molecule has 5 heteroatoms. The SMILES string of the molecule is O=c1ncccc2nsnc12. The van der Waals surface area contributed by atoms with Gasteiger partial charge in [-0.3, -0.25) is 4.79 Å². The van der Waals surface area contributed by atoms with E-state index in [9.17, 15) is 4.79 Å². The largest absolute Gasteiger partial charge is 0.298 e. The second-order valence-corrected chi connectivity index (χ2v) is 2.47. The zero-order valence-corrected chi connectivity index (χ0v) is 6.21. The maximum Gasteiger partial charge on any atom is 0.298 e. The molecule has 0 saturated carbocycles. The van der Waals surface area contributed by atoms with Crippen LogP contribution in [0, 0.1) is 0 Å². The summed E-state index contributed by atoms with van der Waals surface area (Å²) in [6.07, 6.45) is 1.44. The number of hydrogen-bond donors (Lipinski definition) is 0. The predicted molar refractivity (Wildman–Crippen MR) is 41.5 cm³/mol. The molecule has 0 N–H and O–H groups in total. The maximum absolute atomic E-state index is 11.0. The first-order valence-corrected chi connectivity index (χ1v) is 3.68. The first kappa shape index (κ1) is 6.36. The Bertz CT molecular complexity index is 439. The van der Waals surface area contributed by atoms with Gasteiger partial charge in [0.05, 0.1) is 11.7 Å². The lowest BCUT2D eigenvalue weighted by molar-refractivity contribution is 1.28. The molecular weight excluding hydrogens is 162 g/mol. The van der Waals surface area contributed by atoms with Gasteiger partial charge in [-0.25, -0.2) is 4.98 Å². The molecule has 0 aliphatic heterocycles. The molecule has 0 amide bonds. The van der Waals surface area contributed by atoms with Crippen molar-refractivity contribution in [2.75, 3.05) is 0 Å². The van der Waals surface area contributed by atoms with Crippen molar-refractivity contribution in [3.05, 3.63) is 28.7 Å². The molecule has 4 nitrogen and oxygen atoms in total. The van der Waals surface area contributed by atoms with E-state index < -0.39 is 0 Å². The third-order valence-corrected chi connectivity index (χ3v) is 1.79. The van der Waals surface area contributed by atoms with Crippen LogP contribution in [0.25, 0.3) is 11.0 Å². The molecule has 0 unspecified atom stereocenters. The number of fused-ring (bicyclic) bond motifs is 1. The van der Waals surface area contributed by atoms with Crippen LogP contribution in [-0.2, 0) is 0 Å². The van der Waals surface area contributed by atoms with Crippen molar-refractivity contribution in [1.29, 1.82) is 0 Å². The molecule has 0 aliphatic carbocycles. The fourth-order valence-electron chi connectivity index (χ4n) is 0.759. The van der Waals surface area contributed by atoms with E-state index in [0.717, 1.165) is 11.7 Å². The van der Waals surface area contributed by atoms with E-state index in [-0.39, 0.29) is 5.56 Å². The van der Waals surface area contributed by atoms with E-state index in [1.54, 1.807) is 12.1 Å². The Hall–Kier alpha value is -1.36. The average Bonchev–Trinajstić information content (AvgIpc) is 2.40. The molecule has 2 aromatic heterocycles. The van der Waals surface area contributed by atoms with Crippen molar-refractivity contribution in [3.63, 3.8) is 0 Å². The highest BCUT2D eigenvalue weighted by Gasteiger charge is 1.98. The predicted octanol–water partition coefficient (Wildman–Crippen LogP) is 0.446. The molecule has 0 aliphatic rings. The Balaban J connectivity index is 3.09. The second-order valence-electron chi connectivity index (χ2n) is 1.94. The Kier molecular flexibility index (Phi) is 1.36. The molecule has 2 rings (SSSR count). The van der Waals surface area contributed by atoms with Crippen LogP contribution < -0.4 is 5.56 Å². The van der Waals surface area contributed by atoms with Crippen LogP contribution in [0.2, 0.25) is 0 Å². The molecule has 0 atom stereocenters. The highest BCUT2D eigenvalue weighted by atomic mass is 32.1. The van der Waals surface area contributed by atoms with Crippen LogP contribution in [0.1, 0.15) is 0 Å². The average molecular weight is 165 g/mol. The molecular formula is C6H3N3OS. The number of rotatable bonds is 0. The third kappa shape index (κ3) is 0.988. The lowest BCUT2D eigenvalue weighted by Gasteiger charge is -1.68. The Morgan fingerprint density at radius 1 is 1.36 bits per heavy atom. The van der Waals surface area contributed by atoms with Gasteiger partial charge in [0.15, 0.2) is 5.52 Å². The zero-order chi connectivity index (χ0) is 7.68. The molecule has 2 aromatic rings. The molecule has 11 heavy (non-hydrogen) atoms. The summed E-state index contributed by atoms with van der Waals surface area (Å²) < 4.78 is 7.72. The molecule has 2 heterocycles. The van der Waals surface area contributed by atoms with Gasteiger partial charge >= 0.3 is 0 Å². The van der Waals surface area contributed by atoms with Crippen molar-refractivity contribution >= 4 is 22.8 Å². The van der Waals surface area contributed by atoms with Gasteiger partial charge in [0.2, 0.25) is 0 Å². The minimum Gasteiger partial charge on any atom is -0.265 e. The molecule has 0 radical (unpaired) electrons. The van der Waals surface area contributed by atoms with Crippen molar-refractivity contribution in [2.24, 2.45) is 0 Å². The van der Waals surface area contributed by atoms with Crippen LogP contribution in [0.15, 0.2) is 23.1 Å². The van der Waals surface area contributed by atoms with Crippen molar-refractivity contribution in [1.82, 2.24) is 13.7 Å². The first-order chi connectivity index (χ1) is 5.38. The molecule has 0 fully saturated rings. The van der Waals surface area contributed by atoms with Gasteiger partial charge in [-0.15, -0.1) is 0 Å². The molecule has 0 saturated heterocycles. The van der Waals surface area contributed by atoms with Crippen LogP contribution in [0.5, 0.6) is 0 Å². The summed E-state index contributed by atoms with van der Waals surface area (Å²) in [7, 11) is 0. The van der Waals surface area contributed by atoms with Gasteiger partial charge in [-0.1, -0.05) is 0 Å². The van der Waals surface area contributed by atoms with Gasteiger partial charge in [0, 0.05) is 6.20 Å². The van der Waals surface area contributed by atoms with Gasteiger partial charge < -0.3 is 0 Å². The van der Waals surface area contributed by atoms with E-state index in [0.29, 0.717) is 11.0 Å². The minimum atomic E-state index is -0.321.